The van der Waals surface area contributed by atoms with Crippen molar-refractivity contribution in [2.24, 2.45) is 5.92 Å². The molecular formula is C15H25N3O2. The minimum Gasteiger partial charge on any atom is -0.372 e. The van der Waals surface area contributed by atoms with Crippen LogP contribution >= 0.6 is 0 Å². The van der Waals surface area contributed by atoms with Crippen molar-refractivity contribution < 1.29 is 9.26 Å². The highest BCUT2D eigenvalue weighted by atomic mass is 16.5. The molecule has 112 valence electrons. The molecule has 1 N–H and O–H groups in total. The van der Waals surface area contributed by atoms with E-state index in [1.165, 1.54) is 12.8 Å². The minimum absolute atomic E-state index is 0.434. The quantitative estimate of drug-likeness (QED) is 0.860. The van der Waals surface area contributed by atoms with Crippen LogP contribution in [-0.4, -0.2) is 41.9 Å². The number of morpholine rings is 1. The first-order chi connectivity index (χ1) is 9.69. The van der Waals surface area contributed by atoms with Crippen molar-refractivity contribution in [2.75, 3.05) is 19.6 Å². The fourth-order valence-electron chi connectivity index (χ4n) is 3.05. The standard InChI is InChI=1S/C15H25N3O2/c1-11(2)6-16-7-12-5-15(20-17-12)10-18-8-13-3-4-14(9-18)19-13/h5,11,13-14,16H,3-4,6-10H2,1-2H3. The Morgan fingerprint density at radius 3 is 2.80 bits per heavy atom. The van der Waals surface area contributed by atoms with Crippen LogP contribution in [0.3, 0.4) is 0 Å². The predicted octanol–water partition coefficient (Wildman–Crippen LogP) is 1.78. The van der Waals surface area contributed by atoms with Crippen LogP contribution in [0.25, 0.3) is 0 Å². The number of nitrogens with zero attached hydrogens (tertiary/aromatic N) is 2. The molecule has 2 unspecified atom stereocenters. The average molecular weight is 279 g/mol. The molecular weight excluding hydrogens is 254 g/mol. The van der Waals surface area contributed by atoms with E-state index in [9.17, 15) is 0 Å². The highest BCUT2D eigenvalue weighted by molar-refractivity contribution is 5.05. The zero-order valence-corrected chi connectivity index (χ0v) is 12.5. The first-order valence-corrected chi connectivity index (χ1v) is 7.72. The summed E-state index contributed by atoms with van der Waals surface area (Å²) in [6.45, 7) is 9.11. The van der Waals surface area contributed by atoms with Crippen LogP contribution in [0.5, 0.6) is 0 Å². The van der Waals surface area contributed by atoms with Crippen molar-refractivity contribution >= 4 is 0 Å². The van der Waals surface area contributed by atoms with Gasteiger partial charge in [-0.2, -0.15) is 0 Å². The van der Waals surface area contributed by atoms with Gasteiger partial charge < -0.3 is 14.6 Å². The van der Waals surface area contributed by atoms with Crippen molar-refractivity contribution in [1.82, 2.24) is 15.4 Å². The van der Waals surface area contributed by atoms with Gasteiger partial charge in [0.1, 0.15) is 0 Å². The van der Waals surface area contributed by atoms with E-state index in [1.807, 2.05) is 0 Å². The van der Waals surface area contributed by atoms with E-state index in [0.29, 0.717) is 18.1 Å². The molecule has 2 saturated heterocycles. The van der Waals surface area contributed by atoms with Crippen molar-refractivity contribution in [3.05, 3.63) is 17.5 Å². The molecule has 0 radical (unpaired) electrons. The summed E-state index contributed by atoms with van der Waals surface area (Å²) < 4.78 is 11.3. The smallest absolute Gasteiger partial charge is 0.151 e. The number of hydrogen-bond donors (Lipinski definition) is 1. The third kappa shape index (κ3) is 3.59. The van der Waals surface area contributed by atoms with E-state index in [2.05, 4.69) is 35.3 Å². The van der Waals surface area contributed by atoms with E-state index in [0.717, 1.165) is 44.2 Å². The van der Waals surface area contributed by atoms with E-state index in [1.54, 1.807) is 0 Å². The van der Waals surface area contributed by atoms with Gasteiger partial charge in [-0.25, -0.2) is 0 Å². The molecule has 2 fully saturated rings. The first kappa shape index (κ1) is 14.0. The van der Waals surface area contributed by atoms with Gasteiger partial charge >= 0.3 is 0 Å². The van der Waals surface area contributed by atoms with Gasteiger partial charge in [0.15, 0.2) is 5.76 Å². The molecule has 2 aliphatic rings. The summed E-state index contributed by atoms with van der Waals surface area (Å²) >= 11 is 0. The summed E-state index contributed by atoms with van der Waals surface area (Å²) in [7, 11) is 0. The lowest BCUT2D eigenvalue weighted by atomic mass is 10.2. The van der Waals surface area contributed by atoms with Crippen LogP contribution in [0.15, 0.2) is 10.6 Å². The molecule has 1 aromatic rings. The van der Waals surface area contributed by atoms with Gasteiger partial charge in [0.25, 0.3) is 0 Å². The number of rotatable bonds is 6. The molecule has 1 aromatic heterocycles. The summed E-state index contributed by atoms with van der Waals surface area (Å²) in [5.74, 6) is 1.62. The lowest BCUT2D eigenvalue weighted by Gasteiger charge is -2.31. The van der Waals surface area contributed by atoms with Crippen molar-refractivity contribution in [1.29, 1.82) is 0 Å². The van der Waals surface area contributed by atoms with Crippen molar-refractivity contribution in [3.8, 4) is 0 Å². The highest BCUT2D eigenvalue weighted by Crippen LogP contribution is 2.27. The number of ether oxygens (including phenoxy) is 1. The van der Waals surface area contributed by atoms with Gasteiger partial charge in [-0.05, 0) is 25.3 Å². The van der Waals surface area contributed by atoms with Gasteiger partial charge in [0, 0.05) is 25.7 Å². The fraction of sp³-hybridized carbons (Fsp3) is 0.800. The van der Waals surface area contributed by atoms with Crippen LogP contribution in [-0.2, 0) is 17.8 Å². The van der Waals surface area contributed by atoms with Crippen molar-refractivity contribution in [2.45, 2.75) is 52.0 Å². The third-order valence-corrected chi connectivity index (χ3v) is 3.97. The third-order valence-electron chi connectivity index (χ3n) is 3.97. The van der Waals surface area contributed by atoms with Crippen LogP contribution < -0.4 is 5.32 Å². The molecule has 20 heavy (non-hydrogen) atoms. The Kier molecular flexibility index (Phi) is 4.38. The Bertz CT molecular complexity index is 421. The second-order valence-corrected chi connectivity index (χ2v) is 6.46. The molecule has 5 heteroatoms. The predicted molar refractivity (Wildman–Crippen MR) is 76.2 cm³/mol. The van der Waals surface area contributed by atoms with Crippen LogP contribution in [0.4, 0.5) is 0 Å². The highest BCUT2D eigenvalue weighted by Gasteiger charge is 2.33. The van der Waals surface area contributed by atoms with E-state index in [-0.39, 0.29) is 0 Å². The zero-order valence-electron chi connectivity index (χ0n) is 12.5. The van der Waals surface area contributed by atoms with Gasteiger partial charge in [-0.1, -0.05) is 19.0 Å². The van der Waals surface area contributed by atoms with Gasteiger partial charge in [-0.3, -0.25) is 4.90 Å². The largest absolute Gasteiger partial charge is 0.372 e. The molecule has 0 spiro atoms. The van der Waals surface area contributed by atoms with Crippen LogP contribution in [0.2, 0.25) is 0 Å². The lowest BCUT2D eigenvalue weighted by molar-refractivity contribution is -0.0431. The Morgan fingerprint density at radius 1 is 1.35 bits per heavy atom. The number of hydrogen-bond acceptors (Lipinski definition) is 5. The van der Waals surface area contributed by atoms with E-state index >= 15 is 0 Å². The normalized spacial score (nSPS) is 26.6. The Labute approximate surface area is 120 Å². The Morgan fingerprint density at radius 2 is 2.10 bits per heavy atom. The van der Waals surface area contributed by atoms with Gasteiger partial charge in [-0.15, -0.1) is 0 Å². The molecule has 2 atom stereocenters. The Balaban J connectivity index is 1.47. The molecule has 3 rings (SSSR count). The van der Waals surface area contributed by atoms with Gasteiger partial charge in [0.2, 0.25) is 0 Å². The average Bonchev–Trinajstić information content (AvgIpc) is 2.96. The summed E-state index contributed by atoms with van der Waals surface area (Å²) in [5, 5.41) is 7.52. The summed E-state index contributed by atoms with van der Waals surface area (Å²) in [4.78, 5) is 2.43. The molecule has 2 bridgehead atoms. The molecule has 0 amide bonds. The number of aromatic nitrogens is 1. The summed E-state index contributed by atoms with van der Waals surface area (Å²) in [6.07, 6.45) is 3.29. The lowest BCUT2D eigenvalue weighted by Crippen LogP contribution is -2.41. The van der Waals surface area contributed by atoms with Gasteiger partial charge in [0.05, 0.1) is 24.4 Å². The maximum absolute atomic E-state index is 5.85. The second kappa shape index (κ2) is 6.24. The molecule has 0 saturated carbocycles. The second-order valence-electron chi connectivity index (χ2n) is 6.46. The fourth-order valence-corrected chi connectivity index (χ4v) is 3.05. The zero-order chi connectivity index (χ0) is 13.9. The Hall–Kier alpha value is -0.910. The number of nitrogens with one attached hydrogen (secondary N) is 1. The summed E-state index contributed by atoms with van der Waals surface area (Å²) in [6, 6.07) is 2.07. The topological polar surface area (TPSA) is 50.5 Å². The maximum Gasteiger partial charge on any atom is 0.151 e. The van der Waals surface area contributed by atoms with E-state index in [4.69, 9.17) is 9.26 Å². The molecule has 0 aliphatic carbocycles. The number of likely N-dealkylation sites (tertiary alicyclic amines) is 1. The monoisotopic (exact) mass is 279 g/mol. The maximum atomic E-state index is 5.85. The minimum atomic E-state index is 0.434. The molecule has 0 aromatic carbocycles. The summed E-state index contributed by atoms with van der Waals surface area (Å²) in [5.41, 5.74) is 0.997. The number of fused-ring (bicyclic) bond motifs is 2. The molecule has 2 aliphatic heterocycles. The SMILES string of the molecule is CC(C)CNCc1cc(CN2CC3CCC(C2)O3)on1. The van der Waals surface area contributed by atoms with E-state index < -0.39 is 0 Å². The van der Waals surface area contributed by atoms with Crippen LogP contribution in [0.1, 0.15) is 38.1 Å². The van der Waals surface area contributed by atoms with Crippen molar-refractivity contribution in [3.63, 3.8) is 0 Å². The molecule has 3 heterocycles. The van der Waals surface area contributed by atoms with Crippen LogP contribution in [0, 0.1) is 5.92 Å². The first-order valence-electron chi connectivity index (χ1n) is 7.72. The molecule has 5 nitrogen and oxygen atoms in total.